The van der Waals surface area contributed by atoms with Gasteiger partial charge in [0.2, 0.25) is 5.91 Å². The second-order valence-corrected chi connectivity index (χ2v) is 4.47. The standard InChI is InChI=1S/C11H13N3O2S.ClH/c1-16-5-8(12)11(15)14-7-2-3-9-10(4-7)17-6-13-9;/h2-4,6,8H,5,12H2,1H3,(H,14,15);1H. The van der Waals surface area contributed by atoms with E-state index in [9.17, 15) is 4.79 Å². The van der Waals surface area contributed by atoms with Crippen LogP contribution in [-0.2, 0) is 9.53 Å². The third-order valence-electron chi connectivity index (χ3n) is 2.28. The Morgan fingerprint density at radius 1 is 1.61 bits per heavy atom. The maximum atomic E-state index is 11.6. The Kier molecular flexibility index (Phi) is 5.49. The Bertz CT molecular complexity index is 532. The summed E-state index contributed by atoms with van der Waals surface area (Å²) in [4.78, 5) is 15.8. The van der Waals surface area contributed by atoms with Crippen LogP contribution in [0.1, 0.15) is 0 Å². The molecule has 7 heteroatoms. The zero-order chi connectivity index (χ0) is 12.3. The summed E-state index contributed by atoms with van der Waals surface area (Å²) in [5, 5.41) is 2.74. The van der Waals surface area contributed by atoms with E-state index in [1.54, 1.807) is 11.6 Å². The van der Waals surface area contributed by atoms with Crippen molar-refractivity contribution >= 4 is 45.6 Å². The van der Waals surface area contributed by atoms with Crippen molar-refractivity contribution in [2.45, 2.75) is 6.04 Å². The highest BCUT2D eigenvalue weighted by atomic mass is 35.5. The van der Waals surface area contributed by atoms with E-state index in [1.165, 1.54) is 18.4 Å². The van der Waals surface area contributed by atoms with Crippen LogP contribution in [0.25, 0.3) is 10.2 Å². The zero-order valence-electron chi connectivity index (χ0n) is 9.75. The molecule has 5 nitrogen and oxygen atoms in total. The number of thiazole rings is 1. The summed E-state index contributed by atoms with van der Waals surface area (Å²) in [6.07, 6.45) is 0. The monoisotopic (exact) mass is 287 g/mol. The number of carbonyl (C=O) groups excluding carboxylic acids is 1. The number of hydrogen-bond acceptors (Lipinski definition) is 5. The van der Waals surface area contributed by atoms with Crippen LogP contribution in [0.5, 0.6) is 0 Å². The van der Waals surface area contributed by atoms with Crippen molar-refractivity contribution in [2.75, 3.05) is 19.0 Å². The predicted octanol–water partition coefficient (Wildman–Crippen LogP) is 1.63. The molecule has 2 rings (SSSR count). The molecule has 0 radical (unpaired) electrons. The molecule has 0 saturated carbocycles. The van der Waals surface area contributed by atoms with Crippen molar-refractivity contribution in [3.05, 3.63) is 23.7 Å². The van der Waals surface area contributed by atoms with Crippen LogP contribution < -0.4 is 11.1 Å². The van der Waals surface area contributed by atoms with Gasteiger partial charge in [-0.25, -0.2) is 4.98 Å². The van der Waals surface area contributed by atoms with Gasteiger partial charge in [-0.1, -0.05) is 0 Å². The molecular weight excluding hydrogens is 274 g/mol. The number of fused-ring (bicyclic) bond motifs is 1. The fourth-order valence-electron chi connectivity index (χ4n) is 1.42. The Morgan fingerprint density at radius 3 is 3.11 bits per heavy atom. The summed E-state index contributed by atoms with van der Waals surface area (Å²) in [6.45, 7) is 0.203. The number of amides is 1. The van der Waals surface area contributed by atoms with E-state index in [1.807, 2.05) is 12.1 Å². The van der Waals surface area contributed by atoms with Crippen molar-refractivity contribution in [3.63, 3.8) is 0 Å². The lowest BCUT2D eigenvalue weighted by Crippen LogP contribution is -2.39. The zero-order valence-corrected chi connectivity index (χ0v) is 11.4. The molecule has 0 aliphatic carbocycles. The van der Waals surface area contributed by atoms with E-state index in [0.717, 1.165) is 15.9 Å². The first-order valence-electron chi connectivity index (χ1n) is 5.09. The molecule has 0 bridgehead atoms. The molecule has 2 aromatic rings. The van der Waals surface area contributed by atoms with E-state index < -0.39 is 6.04 Å². The molecule has 0 saturated heterocycles. The predicted molar refractivity (Wildman–Crippen MR) is 75.3 cm³/mol. The molecule has 1 aromatic heterocycles. The lowest BCUT2D eigenvalue weighted by Gasteiger charge is -2.10. The summed E-state index contributed by atoms with van der Waals surface area (Å²) in [5.41, 5.74) is 9.04. The van der Waals surface area contributed by atoms with Crippen LogP contribution in [0.2, 0.25) is 0 Å². The maximum Gasteiger partial charge on any atom is 0.243 e. The largest absolute Gasteiger partial charge is 0.383 e. The Hall–Kier alpha value is -1.21. The SMILES string of the molecule is COCC(N)C(=O)Nc1ccc2ncsc2c1.Cl. The number of hydrogen-bond donors (Lipinski definition) is 2. The highest BCUT2D eigenvalue weighted by molar-refractivity contribution is 7.16. The maximum absolute atomic E-state index is 11.6. The molecule has 0 aliphatic rings. The van der Waals surface area contributed by atoms with E-state index in [2.05, 4.69) is 10.3 Å². The first kappa shape index (κ1) is 14.8. The normalized spacial score (nSPS) is 11.9. The van der Waals surface area contributed by atoms with Crippen molar-refractivity contribution in [2.24, 2.45) is 5.73 Å². The quantitative estimate of drug-likeness (QED) is 0.896. The van der Waals surface area contributed by atoms with Gasteiger partial charge in [-0.3, -0.25) is 4.79 Å². The summed E-state index contributed by atoms with van der Waals surface area (Å²) < 4.78 is 5.86. The van der Waals surface area contributed by atoms with Gasteiger partial charge in [-0.2, -0.15) is 0 Å². The first-order chi connectivity index (χ1) is 8.20. The summed E-state index contributed by atoms with van der Waals surface area (Å²) in [5.74, 6) is -0.254. The molecule has 3 N–H and O–H groups in total. The van der Waals surface area contributed by atoms with Crippen LogP contribution in [0.3, 0.4) is 0 Å². The molecule has 1 aromatic carbocycles. The first-order valence-corrected chi connectivity index (χ1v) is 5.97. The number of benzene rings is 1. The number of aromatic nitrogens is 1. The number of methoxy groups -OCH3 is 1. The minimum atomic E-state index is -0.655. The van der Waals surface area contributed by atoms with Crippen LogP contribution in [0.15, 0.2) is 23.7 Å². The molecule has 0 spiro atoms. The number of nitrogens with two attached hydrogens (primary N) is 1. The molecule has 1 amide bonds. The number of halogens is 1. The van der Waals surface area contributed by atoms with Gasteiger partial charge in [-0.05, 0) is 18.2 Å². The van der Waals surface area contributed by atoms with Crippen molar-refractivity contribution in [3.8, 4) is 0 Å². The third-order valence-corrected chi connectivity index (χ3v) is 3.07. The molecule has 1 atom stereocenters. The van der Waals surface area contributed by atoms with Gasteiger partial charge >= 0.3 is 0 Å². The van der Waals surface area contributed by atoms with Crippen LogP contribution >= 0.6 is 23.7 Å². The number of nitrogens with zero attached hydrogens (tertiary/aromatic N) is 1. The van der Waals surface area contributed by atoms with Gasteiger partial charge < -0.3 is 15.8 Å². The molecule has 0 aliphatic heterocycles. The minimum Gasteiger partial charge on any atom is -0.383 e. The average molecular weight is 288 g/mol. The molecule has 1 heterocycles. The van der Waals surface area contributed by atoms with Crippen molar-refractivity contribution in [1.82, 2.24) is 4.98 Å². The van der Waals surface area contributed by atoms with Gasteiger partial charge in [0.1, 0.15) is 6.04 Å². The number of anilines is 1. The number of nitrogens with one attached hydrogen (secondary N) is 1. The average Bonchev–Trinajstić information content (AvgIpc) is 2.76. The minimum absolute atomic E-state index is 0. The lowest BCUT2D eigenvalue weighted by molar-refractivity contribution is -0.118. The van der Waals surface area contributed by atoms with Crippen molar-refractivity contribution in [1.29, 1.82) is 0 Å². The Morgan fingerprint density at radius 2 is 2.39 bits per heavy atom. The second-order valence-electron chi connectivity index (χ2n) is 3.59. The fraction of sp³-hybridized carbons (Fsp3) is 0.273. The van der Waals surface area contributed by atoms with Gasteiger partial charge in [0, 0.05) is 12.8 Å². The second kappa shape index (κ2) is 6.65. The molecular formula is C11H14ClN3O2S. The van der Waals surface area contributed by atoms with Gasteiger partial charge in [-0.15, -0.1) is 23.7 Å². The smallest absolute Gasteiger partial charge is 0.243 e. The van der Waals surface area contributed by atoms with Crippen molar-refractivity contribution < 1.29 is 9.53 Å². The van der Waals surface area contributed by atoms with E-state index in [4.69, 9.17) is 10.5 Å². The highest BCUT2D eigenvalue weighted by Gasteiger charge is 2.13. The number of ether oxygens (including phenoxy) is 1. The Balaban J connectivity index is 0.00000162. The summed E-state index contributed by atoms with van der Waals surface area (Å²) in [6, 6.07) is 4.89. The summed E-state index contributed by atoms with van der Waals surface area (Å²) >= 11 is 1.53. The topological polar surface area (TPSA) is 77.2 Å². The lowest BCUT2D eigenvalue weighted by atomic mass is 10.2. The van der Waals surface area contributed by atoms with Crippen LogP contribution in [0, 0.1) is 0 Å². The number of rotatable bonds is 4. The van der Waals surface area contributed by atoms with Gasteiger partial charge in [0.15, 0.2) is 0 Å². The van der Waals surface area contributed by atoms with E-state index >= 15 is 0 Å². The molecule has 18 heavy (non-hydrogen) atoms. The highest BCUT2D eigenvalue weighted by Crippen LogP contribution is 2.21. The van der Waals surface area contributed by atoms with E-state index in [-0.39, 0.29) is 24.9 Å². The third kappa shape index (κ3) is 3.39. The van der Waals surface area contributed by atoms with Gasteiger partial charge in [0.25, 0.3) is 0 Å². The van der Waals surface area contributed by atoms with E-state index in [0.29, 0.717) is 0 Å². The van der Waals surface area contributed by atoms with Gasteiger partial charge in [0.05, 0.1) is 22.3 Å². The molecule has 0 fully saturated rings. The molecule has 98 valence electrons. The van der Waals surface area contributed by atoms with Crippen LogP contribution in [0.4, 0.5) is 5.69 Å². The Labute approximate surface area is 115 Å². The number of carbonyl (C=O) groups is 1. The molecule has 1 unspecified atom stereocenters. The fourth-order valence-corrected chi connectivity index (χ4v) is 2.14. The van der Waals surface area contributed by atoms with Crippen LogP contribution in [-0.4, -0.2) is 30.6 Å². The summed E-state index contributed by atoms with van der Waals surface area (Å²) in [7, 11) is 1.51.